The quantitative estimate of drug-likeness (QED) is 0.563. The van der Waals surface area contributed by atoms with Gasteiger partial charge in [-0.1, -0.05) is 6.07 Å². The number of benzene rings is 1. The summed E-state index contributed by atoms with van der Waals surface area (Å²) >= 11 is 1.86. The number of Topliss-reactive ketones (excluding diaryl/α,β-unsaturated/α-hetero) is 1. The first kappa shape index (κ1) is 8.64. The van der Waals surface area contributed by atoms with Crippen LogP contribution < -0.4 is 0 Å². The Morgan fingerprint density at radius 3 is 2.64 bits per heavy atom. The van der Waals surface area contributed by atoms with E-state index >= 15 is 0 Å². The number of hydrogen-bond donors (Lipinski definition) is 0. The second-order valence-electron chi connectivity index (χ2n) is 2.16. The molecule has 0 spiro atoms. The molecular weight excluding hydrogens is 258 g/mol. The zero-order chi connectivity index (χ0) is 8.43. The minimum Gasteiger partial charge on any atom is -0.294 e. The first-order chi connectivity index (χ1) is 5.13. The zero-order valence-corrected chi connectivity index (χ0v) is 8.05. The summed E-state index contributed by atoms with van der Waals surface area (Å²) in [5.41, 5.74) is 0.164. The molecule has 11 heavy (non-hydrogen) atoms. The van der Waals surface area contributed by atoms with Gasteiger partial charge in [0.1, 0.15) is 5.82 Å². The van der Waals surface area contributed by atoms with Gasteiger partial charge in [0.15, 0.2) is 5.78 Å². The largest absolute Gasteiger partial charge is 0.294 e. The zero-order valence-electron chi connectivity index (χ0n) is 5.90. The Bertz CT molecular complexity index is 296. The summed E-state index contributed by atoms with van der Waals surface area (Å²) in [6.45, 7) is 1.36. The Kier molecular flexibility index (Phi) is 2.59. The summed E-state index contributed by atoms with van der Waals surface area (Å²) in [4.78, 5) is 10.8. The monoisotopic (exact) mass is 264 g/mol. The smallest absolute Gasteiger partial charge is 0.162 e. The summed E-state index contributed by atoms with van der Waals surface area (Å²) < 4.78 is 13.5. The average Bonchev–Trinajstić information content (AvgIpc) is 1.94. The molecule has 0 saturated carbocycles. The van der Waals surface area contributed by atoms with Gasteiger partial charge in [-0.15, -0.1) is 0 Å². The maximum atomic E-state index is 13.0. The predicted molar refractivity (Wildman–Crippen MR) is 49.1 cm³/mol. The van der Waals surface area contributed by atoms with Crippen LogP contribution in [0.1, 0.15) is 17.3 Å². The molecule has 0 aromatic heterocycles. The van der Waals surface area contributed by atoms with E-state index in [4.69, 9.17) is 0 Å². The highest BCUT2D eigenvalue weighted by atomic mass is 127. The minimum atomic E-state index is -0.416. The molecule has 0 saturated heterocycles. The third-order valence-corrected chi connectivity index (χ3v) is 2.16. The fraction of sp³-hybridized carbons (Fsp3) is 0.125. The number of carbonyl (C=O) groups is 1. The highest BCUT2D eigenvalue weighted by Crippen LogP contribution is 2.14. The van der Waals surface area contributed by atoms with E-state index in [1.165, 1.54) is 13.0 Å². The Hall–Kier alpha value is -0.450. The summed E-state index contributed by atoms with van der Waals surface area (Å²) in [5.74, 6) is -0.651. The van der Waals surface area contributed by atoms with Crippen LogP contribution in [0.15, 0.2) is 18.2 Å². The Morgan fingerprint density at radius 1 is 1.55 bits per heavy atom. The van der Waals surface area contributed by atoms with E-state index in [1.54, 1.807) is 12.1 Å². The molecule has 1 aromatic rings. The van der Waals surface area contributed by atoms with E-state index < -0.39 is 5.82 Å². The molecule has 0 radical (unpaired) electrons. The van der Waals surface area contributed by atoms with Gasteiger partial charge in [-0.2, -0.15) is 0 Å². The Balaban J connectivity index is 3.27. The standard InChI is InChI=1S/C8H6FIO/c1-5(11)6-3-2-4-7(10)8(6)9/h2-4H,1H3. The fourth-order valence-electron chi connectivity index (χ4n) is 0.776. The van der Waals surface area contributed by atoms with Gasteiger partial charge < -0.3 is 0 Å². The third-order valence-electron chi connectivity index (χ3n) is 1.33. The van der Waals surface area contributed by atoms with E-state index in [0.717, 1.165) is 0 Å². The van der Waals surface area contributed by atoms with Gasteiger partial charge in [-0.3, -0.25) is 4.79 Å². The number of hydrogen-bond acceptors (Lipinski definition) is 1. The lowest BCUT2D eigenvalue weighted by Gasteiger charge is -1.98. The predicted octanol–water partition coefficient (Wildman–Crippen LogP) is 2.63. The summed E-state index contributed by atoms with van der Waals surface area (Å²) in [7, 11) is 0. The van der Waals surface area contributed by atoms with Gasteiger partial charge in [-0.25, -0.2) is 4.39 Å². The molecule has 0 fully saturated rings. The highest BCUT2D eigenvalue weighted by Gasteiger charge is 2.08. The lowest BCUT2D eigenvalue weighted by molar-refractivity contribution is 0.101. The summed E-state index contributed by atoms with van der Waals surface area (Å²) in [6.07, 6.45) is 0. The van der Waals surface area contributed by atoms with Crippen molar-refractivity contribution in [3.8, 4) is 0 Å². The molecule has 1 rings (SSSR count). The van der Waals surface area contributed by atoms with Crippen molar-refractivity contribution in [2.45, 2.75) is 6.92 Å². The van der Waals surface area contributed by atoms with Gasteiger partial charge in [0.25, 0.3) is 0 Å². The van der Waals surface area contributed by atoms with E-state index in [0.29, 0.717) is 3.57 Å². The van der Waals surface area contributed by atoms with Crippen molar-refractivity contribution in [3.05, 3.63) is 33.1 Å². The van der Waals surface area contributed by atoms with E-state index in [2.05, 4.69) is 0 Å². The molecule has 0 aliphatic rings. The van der Waals surface area contributed by atoms with Crippen LogP contribution in [0.3, 0.4) is 0 Å². The average molecular weight is 264 g/mol. The Labute approximate surface area is 77.8 Å². The normalized spacial score (nSPS) is 9.73. The highest BCUT2D eigenvalue weighted by molar-refractivity contribution is 14.1. The molecule has 0 amide bonds. The molecule has 0 unspecified atom stereocenters. The van der Waals surface area contributed by atoms with E-state index in [1.807, 2.05) is 22.6 Å². The fourth-order valence-corrected chi connectivity index (χ4v) is 1.27. The lowest BCUT2D eigenvalue weighted by Crippen LogP contribution is -1.98. The molecule has 0 bridgehead atoms. The van der Waals surface area contributed by atoms with Crippen LogP contribution in [0.25, 0.3) is 0 Å². The topological polar surface area (TPSA) is 17.1 Å². The summed E-state index contributed by atoms with van der Waals surface area (Å²) in [5, 5.41) is 0. The molecule has 0 heterocycles. The molecule has 0 N–H and O–H groups in total. The van der Waals surface area contributed by atoms with Crippen LogP contribution in [0.5, 0.6) is 0 Å². The molecule has 3 heteroatoms. The number of carbonyl (C=O) groups excluding carboxylic acids is 1. The molecule has 1 aromatic carbocycles. The molecular formula is C8H6FIO. The number of halogens is 2. The summed E-state index contributed by atoms with van der Waals surface area (Å²) in [6, 6.07) is 4.78. The van der Waals surface area contributed by atoms with Crippen molar-refractivity contribution in [2.24, 2.45) is 0 Å². The molecule has 0 atom stereocenters. The first-order valence-corrected chi connectivity index (χ1v) is 4.15. The Morgan fingerprint density at radius 2 is 2.18 bits per heavy atom. The van der Waals surface area contributed by atoms with Crippen LogP contribution in [-0.4, -0.2) is 5.78 Å². The minimum absolute atomic E-state index is 0.164. The van der Waals surface area contributed by atoms with Gasteiger partial charge in [0.2, 0.25) is 0 Å². The van der Waals surface area contributed by atoms with E-state index in [-0.39, 0.29) is 11.3 Å². The van der Waals surface area contributed by atoms with Crippen molar-refractivity contribution < 1.29 is 9.18 Å². The van der Waals surface area contributed by atoms with Crippen molar-refractivity contribution in [2.75, 3.05) is 0 Å². The van der Waals surface area contributed by atoms with Crippen LogP contribution in [0, 0.1) is 9.39 Å². The van der Waals surface area contributed by atoms with Crippen LogP contribution in [-0.2, 0) is 0 Å². The van der Waals surface area contributed by atoms with Crippen molar-refractivity contribution >= 4 is 28.4 Å². The number of rotatable bonds is 1. The SMILES string of the molecule is CC(=O)c1cccc(I)c1F. The van der Waals surface area contributed by atoms with Crippen molar-refractivity contribution in [1.82, 2.24) is 0 Å². The lowest BCUT2D eigenvalue weighted by atomic mass is 10.1. The van der Waals surface area contributed by atoms with Crippen LogP contribution in [0.4, 0.5) is 4.39 Å². The van der Waals surface area contributed by atoms with Gasteiger partial charge >= 0.3 is 0 Å². The maximum Gasteiger partial charge on any atom is 0.162 e. The second-order valence-corrected chi connectivity index (χ2v) is 3.32. The molecule has 0 aliphatic heterocycles. The molecule has 0 aliphatic carbocycles. The maximum absolute atomic E-state index is 13.0. The third kappa shape index (κ3) is 1.77. The molecule has 1 nitrogen and oxygen atoms in total. The molecule has 58 valence electrons. The van der Waals surface area contributed by atoms with Gasteiger partial charge in [0, 0.05) is 3.57 Å². The number of ketones is 1. The van der Waals surface area contributed by atoms with E-state index in [9.17, 15) is 9.18 Å². The van der Waals surface area contributed by atoms with Crippen molar-refractivity contribution in [1.29, 1.82) is 0 Å². The second kappa shape index (κ2) is 3.30. The van der Waals surface area contributed by atoms with Gasteiger partial charge in [-0.05, 0) is 41.6 Å². The first-order valence-electron chi connectivity index (χ1n) is 3.08. The van der Waals surface area contributed by atoms with Crippen LogP contribution >= 0.6 is 22.6 Å². The van der Waals surface area contributed by atoms with Crippen LogP contribution in [0.2, 0.25) is 0 Å². The van der Waals surface area contributed by atoms with Gasteiger partial charge in [0.05, 0.1) is 5.56 Å². The van der Waals surface area contributed by atoms with Crippen molar-refractivity contribution in [3.63, 3.8) is 0 Å².